The molecule has 1 radical (unpaired) electrons. The standard InChI is InChI=1S/3C6H5.C5H5NOS.Sn/c3*1-2-4-6-5-3-1;7-6-4-2-1-3-5(6)8;/h3*1-5H;1-4,7H;. The molecule has 0 aliphatic rings. The molecule has 0 unspecified atom stereocenters. The van der Waals surface area contributed by atoms with Gasteiger partial charge < -0.3 is 5.21 Å². The second kappa shape index (κ2) is 10.1. The van der Waals surface area contributed by atoms with Crippen molar-refractivity contribution >= 4 is 42.7 Å². The van der Waals surface area contributed by atoms with Gasteiger partial charge in [-0.3, -0.25) is 0 Å². The van der Waals surface area contributed by atoms with Gasteiger partial charge in [-0.25, -0.2) is 0 Å². The molecule has 0 amide bonds. The molecule has 0 saturated heterocycles. The summed E-state index contributed by atoms with van der Waals surface area (Å²) in [5.41, 5.74) is 0. The molecule has 27 heavy (non-hydrogen) atoms. The molecule has 1 heterocycles. The minimum absolute atomic E-state index is 0.424. The van der Waals surface area contributed by atoms with E-state index in [0.29, 0.717) is 4.64 Å². The van der Waals surface area contributed by atoms with E-state index in [0.717, 1.165) is 4.73 Å². The molecule has 0 atom stereocenters. The number of hydrogen-bond donors (Lipinski definition) is 1. The molecular formula is C23H20NOSSn. The van der Waals surface area contributed by atoms with E-state index in [1.807, 2.05) is 0 Å². The average molecular weight is 477 g/mol. The molecular weight excluding hydrogens is 457 g/mol. The van der Waals surface area contributed by atoms with Crippen LogP contribution in [0.2, 0.25) is 0 Å². The molecule has 4 rings (SSSR count). The van der Waals surface area contributed by atoms with Crippen LogP contribution in [0.4, 0.5) is 0 Å². The summed E-state index contributed by atoms with van der Waals surface area (Å²) in [6.45, 7) is 0. The molecule has 0 saturated carbocycles. The third-order valence-corrected chi connectivity index (χ3v) is 12.1. The minimum atomic E-state index is -1.98. The summed E-state index contributed by atoms with van der Waals surface area (Å²) < 4.78 is 5.91. The maximum atomic E-state index is 8.73. The van der Waals surface area contributed by atoms with E-state index in [1.165, 1.54) is 16.9 Å². The Morgan fingerprint density at radius 3 is 1.22 bits per heavy atom. The van der Waals surface area contributed by atoms with Gasteiger partial charge in [-0.05, 0) is 12.1 Å². The zero-order chi connectivity index (χ0) is 18.9. The van der Waals surface area contributed by atoms with Crippen molar-refractivity contribution in [1.29, 1.82) is 0 Å². The van der Waals surface area contributed by atoms with Gasteiger partial charge >= 0.3 is 121 Å². The Morgan fingerprint density at radius 2 is 0.926 bits per heavy atom. The Bertz CT molecular complexity index is 910. The first-order chi connectivity index (χ1) is 13.3. The molecule has 1 aromatic heterocycles. The Morgan fingerprint density at radius 1 is 0.556 bits per heavy atom. The van der Waals surface area contributed by atoms with Gasteiger partial charge in [0, 0.05) is 6.20 Å². The normalized spacial score (nSPS) is 10.1. The maximum absolute atomic E-state index is 8.73. The van der Waals surface area contributed by atoms with Gasteiger partial charge in [0.2, 0.25) is 0 Å². The van der Waals surface area contributed by atoms with E-state index >= 15 is 0 Å². The van der Waals surface area contributed by atoms with Gasteiger partial charge in [-0.1, -0.05) is 18.3 Å². The van der Waals surface area contributed by atoms with E-state index in [9.17, 15) is 0 Å². The van der Waals surface area contributed by atoms with Crippen LogP contribution in [0.1, 0.15) is 0 Å². The van der Waals surface area contributed by atoms with Crippen LogP contribution in [-0.4, -0.2) is 29.7 Å². The number of aromatic nitrogens is 1. The van der Waals surface area contributed by atoms with Crippen molar-refractivity contribution < 1.29 is 5.21 Å². The van der Waals surface area contributed by atoms with Crippen molar-refractivity contribution in [2.24, 2.45) is 0 Å². The van der Waals surface area contributed by atoms with Crippen molar-refractivity contribution in [2.45, 2.75) is 0 Å². The number of benzene rings is 3. The topological polar surface area (TPSA) is 25.2 Å². The number of nitrogens with zero attached hydrogens (tertiary/aromatic N) is 1. The first-order valence-corrected chi connectivity index (χ1v) is 13.3. The van der Waals surface area contributed by atoms with Crippen molar-refractivity contribution in [3.63, 3.8) is 0 Å². The molecule has 2 nitrogen and oxygen atoms in total. The van der Waals surface area contributed by atoms with E-state index in [2.05, 4.69) is 103 Å². The van der Waals surface area contributed by atoms with Crippen LogP contribution < -0.4 is 10.7 Å². The first-order valence-electron chi connectivity index (χ1n) is 8.66. The van der Waals surface area contributed by atoms with Crippen LogP contribution in [0.25, 0.3) is 0 Å². The quantitative estimate of drug-likeness (QED) is 0.277. The van der Waals surface area contributed by atoms with Crippen LogP contribution >= 0.6 is 12.2 Å². The van der Waals surface area contributed by atoms with Crippen molar-refractivity contribution in [3.05, 3.63) is 120 Å². The van der Waals surface area contributed by atoms with Gasteiger partial charge in [0.05, 0.1) is 0 Å². The van der Waals surface area contributed by atoms with E-state index in [4.69, 9.17) is 5.21 Å². The molecule has 3 aromatic carbocycles. The summed E-state index contributed by atoms with van der Waals surface area (Å²) >= 11 is 2.68. The van der Waals surface area contributed by atoms with Crippen LogP contribution in [0.3, 0.4) is 0 Å². The summed E-state index contributed by atoms with van der Waals surface area (Å²) in [7, 11) is 0. The van der Waals surface area contributed by atoms with Crippen LogP contribution in [0.5, 0.6) is 0 Å². The molecule has 4 aromatic rings. The Hall–Kier alpha value is -2.37. The predicted octanol–water partition coefficient (Wildman–Crippen LogP) is 3.66. The number of pyridine rings is 1. The first kappa shape index (κ1) is 19.4. The summed E-state index contributed by atoms with van der Waals surface area (Å²) in [4.78, 5) is 0. The van der Waals surface area contributed by atoms with Gasteiger partial charge in [0.15, 0.2) is 0 Å². The molecule has 0 fully saturated rings. The van der Waals surface area contributed by atoms with Crippen molar-refractivity contribution in [2.75, 3.05) is 0 Å². The fourth-order valence-corrected chi connectivity index (χ4v) is 10.2. The fraction of sp³-hybridized carbons (Fsp3) is 0. The Balaban J connectivity index is 0.000000221. The fourth-order valence-electron chi connectivity index (χ4n) is 2.73. The molecule has 133 valence electrons. The van der Waals surface area contributed by atoms with Crippen LogP contribution in [-0.2, 0) is 0 Å². The predicted molar refractivity (Wildman–Crippen MR) is 116 cm³/mol. The third-order valence-electron chi connectivity index (χ3n) is 3.99. The Labute approximate surface area is 172 Å². The molecule has 0 aliphatic heterocycles. The van der Waals surface area contributed by atoms with Gasteiger partial charge in [0.25, 0.3) is 0 Å². The third kappa shape index (κ3) is 5.55. The SMILES string of the molecule is On1ccccc1=S.c1cc[c]([Sn]([c]2ccccc2)[c]2ccccc2)cc1. The summed E-state index contributed by atoms with van der Waals surface area (Å²) in [6.07, 6.45) is 1.49. The number of rotatable bonds is 3. The molecule has 4 heteroatoms. The van der Waals surface area contributed by atoms with Crippen LogP contribution in [0, 0.1) is 4.64 Å². The van der Waals surface area contributed by atoms with E-state index in [-0.39, 0.29) is 0 Å². The van der Waals surface area contributed by atoms with Crippen LogP contribution in [0.15, 0.2) is 115 Å². The second-order valence-electron chi connectivity index (χ2n) is 5.86. The monoisotopic (exact) mass is 478 g/mol. The Kier molecular flexibility index (Phi) is 7.25. The van der Waals surface area contributed by atoms with Gasteiger partial charge in [-0.15, -0.1) is 0 Å². The van der Waals surface area contributed by atoms with Gasteiger partial charge in [0.1, 0.15) is 4.64 Å². The summed E-state index contributed by atoms with van der Waals surface area (Å²) in [6, 6.07) is 38.1. The molecule has 1 N–H and O–H groups in total. The average Bonchev–Trinajstić information content (AvgIpc) is 2.73. The molecule has 0 bridgehead atoms. The molecule has 0 aliphatic carbocycles. The zero-order valence-electron chi connectivity index (χ0n) is 14.8. The van der Waals surface area contributed by atoms with Crippen molar-refractivity contribution in [3.8, 4) is 0 Å². The molecule has 0 spiro atoms. The summed E-state index contributed by atoms with van der Waals surface area (Å²) in [5, 5.41) is 8.73. The second-order valence-corrected chi connectivity index (χ2v) is 13.4. The zero-order valence-corrected chi connectivity index (χ0v) is 18.4. The van der Waals surface area contributed by atoms with Gasteiger partial charge in [-0.2, -0.15) is 4.73 Å². The summed E-state index contributed by atoms with van der Waals surface area (Å²) in [5.74, 6) is 0. The number of hydrogen-bond acceptors (Lipinski definition) is 2. The van der Waals surface area contributed by atoms with E-state index in [1.54, 1.807) is 18.2 Å². The van der Waals surface area contributed by atoms with E-state index < -0.39 is 19.8 Å². The van der Waals surface area contributed by atoms with Crippen molar-refractivity contribution in [1.82, 2.24) is 4.73 Å².